The Balaban J connectivity index is 0.989. The SMILES string of the molecule is c1ccc(-c2ccc(N(c3ccc(-c4ccc5c6cccc7cccc(c8cccc4c85)c76)cc3)c3ccc4c5cccc6c7ccccc7n(c4c3)c65)cc2)cc1. The second kappa shape index (κ2) is 11.9. The fourth-order valence-electron chi connectivity index (χ4n) is 10.1. The van der Waals surface area contributed by atoms with Gasteiger partial charge in [0.1, 0.15) is 0 Å². The summed E-state index contributed by atoms with van der Waals surface area (Å²) in [6.07, 6.45) is 0. The van der Waals surface area contributed by atoms with Crippen molar-refractivity contribution < 1.29 is 0 Å². The molecule has 0 amide bonds. The third-order valence-corrected chi connectivity index (χ3v) is 12.7. The van der Waals surface area contributed by atoms with Crippen molar-refractivity contribution in [3.63, 3.8) is 0 Å². The van der Waals surface area contributed by atoms with E-state index in [1.807, 2.05) is 0 Å². The lowest BCUT2D eigenvalue weighted by Crippen LogP contribution is -2.10. The van der Waals surface area contributed by atoms with E-state index in [9.17, 15) is 0 Å². The van der Waals surface area contributed by atoms with E-state index in [0.29, 0.717) is 0 Å². The fourth-order valence-corrected chi connectivity index (χ4v) is 10.1. The fraction of sp³-hybridized carbons (Fsp3) is 0. The highest BCUT2D eigenvalue weighted by Gasteiger charge is 2.21. The molecule has 0 aliphatic carbocycles. The molecule has 58 heavy (non-hydrogen) atoms. The van der Waals surface area contributed by atoms with Crippen LogP contribution in [0.5, 0.6) is 0 Å². The molecule has 2 heteroatoms. The van der Waals surface area contributed by atoms with Crippen LogP contribution in [0.3, 0.4) is 0 Å². The summed E-state index contributed by atoms with van der Waals surface area (Å²) in [6, 6.07) is 76.2. The molecule has 0 aliphatic heterocycles. The molecule has 0 unspecified atom stereocenters. The summed E-state index contributed by atoms with van der Waals surface area (Å²) in [6.45, 7) is 0. The largest absolute Gasteiger partial charge is 0.310 e. The van der Waals surface area contributed by atoms with Gasteiger partial charge in [0.2, 0.25) is 0 Å². The minimum atomic E-state index is 1.11. The first-order valence-electron chi connectivity index (χ1n) is 20.1. The molecule has 268 valence electrons. The molecule has 0 aliphatic rings. The molecule has 0 saturated heterocycles. The highest BCUT2D eigenvalue weighted by molar-refractivity contribution is 6.34. The maximum absolute atomic E-state index is 2.47. The Morgan fingerprint density at radius 3 is 1.52 bits per heavy atom. The van der Waals surface area contributed by atoms with Gasteiger partial charge in [-0.15, -0.1) is 0 Å². The van der Waals surface area contributed by atoms with E-state index in [1.165, 1.54) is 103 Å². The smallest absolute Gasteiger partial charge is 0.0620 e. The molecule has 0 bridgehead atoms. The minimum absolute atomic E-state index is 1.11. The zero-order valence-corrected chi connectivity index (χ0v) is 31.5. The monoisotopic (exact) mass is 734 g/mol. The van der Waals surface area contributed by atoms with Crippen molar-refractivity contribution in [3.05, 3.63) is 206 Å². The topological polar surface area (TPSA) is 7.65 Å². The van der Waals surface area contributed by atoms with Crippen molar-refractivity contribution in [2.45, 2.75) is 0 Å². The van der Waals surface area contributed by atoms with Crippen LogP contribution in [0.15, 0.2) is 206 Å². The molecule has 13 aromatic rings. The van der Waals surface area contributed by atoms with Crippen LogP contribution >= 0.6 is 0 Å². The number of fused-ring (bicyclic) bond motifs is 8. The molecule has 2 heterocycles. The van der Waals surface area contributed by atoms with Crippen molar-refractivity contribution in [1.29, 1.82) is 0 Å². The number of benzene rings is 11. The lowest BCUT2D eigenvalue weighted by Gasteiger charge is -2.26. The Kier molecular flexibility index (Phi) is 6.47. The van der Waals surface area contributed by atoms with E-state index in [-0.39, 0.29) is 0 Å². The normalized spacial score (nSPS) is 12.1. The first-order chi connectivity index (χ1) is 28.8. The third kappa shape index (κ3) is 4.37. The summed E-state index contributed by atoms with van der Waals surface area (Å²) in [4.78, 5) is 2.40. The number of para-hydroxylation sites is 2. The zero-order chi connectivity index (χ0) is 37.9. The van der Waals surface area contributed by atoms with Crippen LogP contribution in [0.4, 0.5) is 17.1 Å². The standard InChI is InChI=1S/C56H34N2/c1-2-10-35(11-3-1)36-22-26-39(27-23-36)57(41-30-31-44-51-20-9-19-50-43-14-4-5-21-52(43)58(56(50)51)53(44)34-41)40-28-24-37(25-29-40)42-32-33-49-47-16-7-13-38-12-6-15-46(54(38)47)48-18-8-17-45(42)55(48)49/h1-34H. The van der Waals surface area contributed by atoms with Crippen LogP contribution in [0.25, 0.3) is 103 Å². The van der Waals surface area contributed by atoms with Crippen LogP contribution in [-0.4, -0.2) is 4.40 Å². The average molecular weight is 735 g/mol. The van der Waals surface area contributed by atoms with E-state index in [2.05, 4.69) is 216 Å². The van der Waals surface area contributed by atoms with Gasteiger partial charge in [-0.3, -0.25) is 0 Å². The molecule has 0 radical (unpaired) electrons. The zero-order valence-electron chi connectivity index (χ0n) is 31.5. The molecule has 0 spiro atoms. The summed E-state index contributed by atoms with van der Waals surface area (Å²) >= 11 is 0. The number of rotatable bonds is 5. The van der Waals surface area contributed by atoms with E-state index >= 15 is 0 Å². The van der Waals surface area contributed by atoms with Gasteiger partial charge in [-0.25, -0.2) is 0 Å². The van der Waals surface area contributed by atoms with Crippen molar-refractivity contribution >= 4 is 98.2 Å². The van der Waals surface area contributed by atoms with Crippen molar-refractivity contribution in [3.8, 4) is 22.3 Å². The molecule has 2 nitrogen and oxygen atoms in total. The van der Waals surface area contributed by atoms with Crippen LogP contribution < -0.4 is 4.90 Å². The summed E-state index contributed by atoms with van der Waals surface area (Å²) in [5.74, 6) is 0. The summed E-state index contributed by atoms with van der Waals surface area (Å²) < 4.78 is 2.47. The van der Waals surface area contributed by atoms with E-state index in [0.717, 1.165) is 17.1 Å². The van der Waals surface area contributed by atoms with Gasteiger partial charge in [-0.2, -0.15) is 0 Å². The number of hydrogen-bond donors (Lipinski definition) is 0. The summed E-state index contributed by atoms with van der Waals surface area (Å²) in [7, 11) is 0. The Bertz CT molecular complexity index is 3660. The number of aromatic nitrogens is 1. The Morgan fingerprint density at radius 2 is 0.793 bits per heavy atom. The van der Waals surface area contributed by atoms with Gasteiger partial charge in [-0.05, 0) is 108 Å². The van der Waals surface area contributed by atoms with Gasteiger partial charge in [0, 0.05) is 38.6 Å². The lowest BCUT2D eigenvalue weighted by atomic mass is 9.87. The van der Waals surface area contributed by atoms with Crippen molar-refractivity contribution in [1.82, 2.24) is 4.40 Å². The first kappa shape index (κ1) is 31.5. The first-order valence-corrected chi connectivity index (χ1v) is 20.1. The maximum atomic E-state index is 2.47. The summed E-state index contributed by atoms with van der Waals surface area (Å²) in [5.41, 5.74) is 12.0. The van der Waals surface area contributed by atoms with E-state index in [4.69, 9.17) is 0 Å². The third-order valence-electron chi connectivity index (χ3n) is 12.7. The second-order valence-electron chi connectivity index (χ2n) is 15.6. The van der Waals surface area contributed by atoms with Gasteiger partial charge in [0.15, 0.2) is 0 Å². The minimum Gasteiger partial charge on any atom is -0.310 e. The van der Waals surface area contributed by atoms with Crippen molar-refractivity contribution in [2.75, 3.05) is 4.90 Å². The Labute approximate surface area is 334 Å². The number of hydrogen-bond acceptors (Lipinski definition) is 1. The molecule has 13 rings (SSSR count). The van der Waals surface area contributed by atoms with Crippen LogP contribution in [0, 0.1) is 0 Å². The van der Waals surface area contributed by atoms with Crippen LogP contribution in [0.1, 0.15) is 0 Å². The molecule has 0 atom stereocenters. The van der Waals surface area contributed by atoms with E-state index < -0.39 is 0 Å². The van der Waals surface area contributed by atoms with Gasteiger partial charge >= 0.3 is 0 Å². The Hall–Kier alpha value is -7.68. The Morgan fingerprint density at radius 1 is 0.293 bits per heavy atom. The summed E-state index contributed by atoms with van der Waals surface area (Å²) in [5, 5.41) is 15.7. The molecule has 0 fully saturated rings. The highest BCUT2D eigenvalue weighted by Crippen LogP contribution is 2.45. The molecule has 2 aromatic heterocycles. The molecular formula is C56H34N2. The van der Waals surface area contributed by atoms with Crippen LogP contribution in [0.2, 0.25) is 0 Å². The highest BCUT2D eigenvalue weighted by atomic mass is 15.1. The number of nitrogens with zero attached hydrogens (tertiary/aromatic N) is 2. The van der Waals surface area contributed by atoms with Crippen LogP contribution in [-0.2, 0) is 0 Å². The van der Waals surface area contributed by atoms with Gasteiger partial charge < -0.3 is 9.30 Å². The maximum Gasteiger partial charge on any atom is 0.0620 e. The molecule has 0 N–H and O–H groups in total. The lowest BCUT2D eigenvalue weighted by molar-refractivity contribution is 1.28. The predicted octanol–water partition coefficient (Wildman–Crippen LogP) is 15.7. The quantitative estimate of drug-likeness (QED) is 0.126. The van der Waals surface area contributed by atoms with E-state index in [1.54, 1.807) is 0 Å². The van der Waals surface area contributed by atoms with Gasteiger partial charge in [-0.1, -0.05) is 164 Å². The predicted molar refractivity (Wildman–Crippen MR) is 248 cm³/mol. The molecule has 0 saturated carbocycles. The van der Waals surface area contributed by atoms with Gasteiger partial charge in [0.05, 0.1) is 16.6 Å². The molecule has 11 aromatic carbocycles. The second-order valence-corrected chi connectivity index (χ2v) is 15.6. The van der Waals surface area contributed by atoms with Gasteiger partial charge in [0.25, 0.3) is 0 Å². The van der Waals surface area contributed by atoms with Crippen molar-refractivity contribution in [2.24, 2.45) is 0 Å². The molecular weight excluding hydrogens is 701 g/mol. The average Bonchev–Trinajstić information content (AvgIpc) is 3.81. The number of anilines is 3.